The largest absolute Gasteiger partial charge is 0.347 e. The van der Waals surface area contributed by atoms with Crippen molar-refractivity contribution >= 4 is 45.1 Å². The van der Waals surface area contributed by atoms with Gasteiger partial charge in [0, 0.05) is 9.79 Å². The van der Waals surface area contributed by atoms with Gasteiger partial charge in [0.2, 0.25) is 11.8 Å². The normalized spacial score (nSPS) is 10.3. The van der Waals surface area contributed by atoms with E-state index in [2.05, 4.69) is 33.8 Å². The van der Waals surface area contributed by atoms with Crippen LogP contribution in [0.4, 0.5) is 0 Å². The van der Waals surface area contributed by atoms with Gasteiger partial charge in [0.25, 0.3) is 0 Å². The van der Waals surface area contributed by atoms with Crippen LogP contribution in [0.15, 0.2) is 58.3 Å². The zero-order valence-corrected chi connectivity index (χ0v) is 15.9. The molecule has 2 N–H and O–H groups in total. The Bertz CT molecular complexity index is 996. The van der Waals surface area contributed by atoms with Gasteiger partial charge < -0.3 is 10.6 Å². The Morgan fingerprint density at radius 2 is 1.89 bits per heavy atom. The summed E-state index contributed by atoms with van der Waals surface area (Å²) in [6.07, 6.45) is 0.117. The smallest absolute Gasteiger partial charge is 0.240 e. The highest BCUT2D eigenvalue weighted by atomic mass is 32.2. The van der Waals surface area contributed by atoms with Crippen molar-refractivity contribution < 1.29 is 9.59 Å². The van der Waals surface area contributed by atoms with Crippen LogP contribution in [0.1, 0.15) is 5.01 Å². The van der Waals surface area contributed by atoms with Gasteiger partial charge >= 0.3 is 0 Å². The summed E-state index contributed by atoms with van der Waals surface area (Å²) in [5.41, 5.74) is 0.854. The number of amides is 2. The van der Waals surface area contributed by atoms with Crippen molar-refractivity contribution in [3.05, 3.63) is 53.5 Å². The van der Waals surface area contributed by atoms with Crippen LogP contribution in [0.2, 0.25) is 0 Å². The minimum Gasteiger partial charge on any atom is -0.347 e. The number of benzene rings is 2. The molecule has 0 atom stereocenters. The average molecular weight is 396 g/mol. The van der Waals surface area contributed by atoms with E-state index in [1.54, 1.807) is 17.8 Å². The van der Waals surface area contributed by atoms with Gasteiger partial charge in [0.1, 0.15) is 11.6 Å². The first-order valence-corrected chi connectivity index (χ1v) is 9.80. The van der Waals surface area contributed by atoms with E-state index in [-0.39, 0.29) is 25.4 Å². The van der Waals surface area contributed by atoms with Crippen LogP contribution in [-0.2, 0) is 16.0 Å². The highest BCUT2D eigenvalue weighted by Crippen LogP contribution is 2.32. The number of rotatable bonds is 7. The summed E-state index contributed by atoms with van der Waals surface area (Å²) >= 11 is 3.15. The van der Waals surface area contributed by atoms with E-state index in [0.717, 1.165) is 20.0 Å². The highest BCUT2D eigenvalue weighted by Gasteiger charge is 2.11. The SMILES string of the molecule is N#CCNC(=O)CNC(=O)Cc1nc2ccc(Sc3ccccc3)cc2s1. The Hall–Kier alpha value is -2.89. The molecule has 0 saturated carbocycles. The lowest BCUT2D eigenvalue weighted by molar-refractivity contribution is -0.125. The lowest BCUT2D eigenvalue weighted by Crippen LogP contribution is -2.37. The molecule has 0 bridgehead atoms. The van der Waals surface area contributed by atoms with Crippen molar-refractivity contribution in [2.45, 2.75) is 16.2 Å². The zero-order valence-electron chi connectivity index (χ0n) is 14.3. The maximum Gasteiger partial charge on any atom is 0.240 e. The Morgan fingerprint density at radius 1 is 1.07 bits per heavy atom. The van der Waals surface area contributed by atoms with Gasteiger partial charge in [-0.05, 0) is 30.3 Å². The summed E-state index contributed by atoms with van der Waals surface area (Å²) in [6.45, 7) is -0.223. The van der Waals surface area contributed by atoms with Crippen LogP contribution < -0.4 is 10.6 Å². The molecule has 0 saturated heterocycles. The van der Waals surface area contributed by atoms with Crippen LogP contribution in [0.25, 0.3) is 10.2 Å². The molecule has 6 nitrogen and oxygen atoms in total. The number of hydrogen-bond donors (Lipinski definition) is 2. The average Bonchev–Trinajstić information content (AvgIpc) is 3.07. The molecule has 2 aromatic carbocycles. The number of fused-ring (bicyclic) bond motifs is 1. The Labute approximate surface area is 164 Å². The molecule has 3 rings (SSSR count). The predicted octanol–water partition coefficient (Wildman–Crippen LogP) is 2.75. The number of carbonyl (C=O) groups is 2. The zero-order chi connectivity index (χ0) is 19.1. The molecular weight excluding hydrogens is 380 g/mol. The molecule has 0 aliphatic rings. The fourth-order valence-corrected chi connectivity index (χ4v) is 4.25. The van der Waals surface area contributed by atoms with Gasteiger partial charge in [0.05, 0.1) is 29.3 Å². The summed E-state index contributed by atoms with van der Waals surface area (Å²) in [4.78, 5) is 30.1. The van der Waals surface area contributed by atoms with E-state index >= 15 is 0 Å². The lowest BCUT2D eigenvalue weighted by Gasteiger charge is -2.03. The molecule has 136 valence electrons. The fraction of sp³-hybridized carbons (Fsp3) is 0.158. The van der Waals surface area contributed by atoms with Gasteiger partial charge in [0.15, 0.2) is 0 Å². The van der Waals surface area contributed by atoms with Crippen LogP contribution in [0.3, 0.4) is 0 Å². The van der Waals surface area contributed by atoms with Crippen LogP contribution in [-0.4, -0.2) is 29.9 Å². The summed E-state index contributed by atoms with van der Waals surface area (Å²) in [6, 6.07) is 18.0. The van der Waals surface area contributed by atoms with E-state index in [1.807, 2.05) is 30.3 Å². The third-order valence-corrected chi connectivity index (χ3v) is 5.52. The number of nitrogens with zero attached hydrogens (tertiary/aromatic N) is 2. The molecule has 8 heteroatoms. The van der Waals surface area contributed by atoms with Crippen molar-refractivity contribution in [2.75, 3.05) is 13.1 Å². The molecule has 0 unspecified atom stereocenters. The molecule has 1 heterocycles. The number of hydrogen-bond acceptors (Lipinski definition) is 6. The summed E-state index contributed by atoms with van der Waals surface area (Å²) < 4.78 is 1.02. The standard InChI is InChI=1S/C19H16N4O2S2/c20-8-9-21-18(25)12-22-17(24)11-19-23-15-7-6-14(10-16(15)27-19)26-13-4-2-1-3-5-13/h1-7,10H,9,11-12H2,(H,21,25)(H,22,24). The molecule has 3 aromatic rings. The first-order chi connectivity index (χ1) is 13.1. The van der Waals surface area contributed by atoms with E-state index < -0.39 is 5.91 Å². The first-order valence-electron chi connectivity index (χ1n) is 8.17. The molecule has 0 aliphatic heterocycles. The number of nitriles is 1. The van der Waals surface area contributed by atoms with E-state index in [4.69, 9.17) is 5.26 Å². The second kappa shape index (κ2) is 9.16. The molecule has 0 aliphatic carbocycles. The number of nitrogens with one attached hydrogen (secondary N) is 2. The van der Waals surface area contributed by atoms with Gasteiger partial charge in [-0.25, -0.2) is 4.98 Å². The number of aromatic nitrogens is 1. The molecule has 1 aromatic heterocycles. The molecular formula is C19H16N4O2S2. The Kier molecular flexibility index (Phi) is 6.41. The maximum atomic E-state index is 12.0. The summed E-state index contributed by atoms with van der Waals surface area (Å²) in [7, 11) is 0. The summed E-state index contributed by atoms with van der Waals surface area (Å²) in [5.74, 6) is -0.670. The maximum absolute atomic E-state index is 12.0. The van der Waals surface area contributed by atoms with Crippen molar-refractivity contribution in [2.24, 2.45) is 0 Å². The summed E-state index contributed by atoms with van der Waals surface area (Å²) in [5, 5.41) is 14.0. The second-order valence-corrected chi connectivity index (χ2v) is 7.80. The highest BCUT2D eigenvalue weighted by molar-refractivity contribution is 7.99. The number of carbonyl (C=O) groups excluding carboxylic acids is 2. The Balaban J connectivity index is 1.60. The molecule has 0 radical (unpaired) electrons. The van der Waals surface area contributed by atoms with Crippen LogP contribution >= 0.6 is 23.1 Å². The van der Waals surface area contributed by atoms with Crippen molar-refractivity contribution in [1.82, 2.24) is 15.6 Å². The molecule has 0 fully saturated rings. The van der Waals surface area contributed by atoms with Gasteiger partial charge in [-0.2, -0.15) is 5.26 Å². The minimum atomic E-state index is -0.392. The topological polar surface area (TPSA) is 94.9 Å². The van der Waals surface area contributed by atoms with E-state index in [0.29, 0.717) is 5.01 Å². The second-order valence-electron chi connectivity index (χ2n) is 5.54. The lowest BCUT2D eigenvalue weighted by atomic mass is 10.3. The third-order valence-electron chi connectivity index (χ3n) is 3.51. The quantitative estimate of drug-likeness (QED) is 0.599. The van der Waals surface area contributed by atoms with Crippen molar-refractivity contribution in [1.29, 1.82) is 5.26 Å². The number of thiazole rings is 1. The van der Waals surface area contributed by atoms with E-state index in [1.165, 1.54) is 11.3 Å². The third kappa shape index (κ3) is 5.54. The van der Waals surface area contributed by atoms with Gasteiger partial charge in [-0.3, -0.25) is 9.59 Å². The molecule has 2 amide bonds. The molecule has 0 spiro atoms. The fourth-order valence-electron chi connectivity index (χ4n) is 2.30. The van der Waals surface area contributed by atoms with Crippen LogP contribution in [0, 0.1) is 11.3 Å². The van der Waals surface area contributed by atoms with Crippen molar-refractivity contribution in [3.8, 4) is 6.07 Å². The predicted molar refractivity (Wildman–Crippen MR) is 106 cm³/mol. The van der Waals surface area contributed by atoms with Gasteiger partial charge in [-0.15, -0.1) is 11.3 Å². The molecule has 27 heavy (non-hydrogen) atoms. The van der Waals surface area contributed by atoms with Gasteiger partial charge in [-0.1, -0.05) is 30.0 Å². The Morgan fingerprint density at radius 3 is 2.67 bits per heavy atom. The monoisotopic (exact) mass is 396 g/mol. The minimum absolute atomic E-state index is 0.0735. The van der Waals surface area contributed by atoms with E-state index in [9.17, 15) is 9.59 Å². The van der Waals surface area contributed by atoms with Crippen molar-refractivity contribution in [3.63, 3.8) is 0 Å². The first kappa shape index (κ1) is 18.9. The van der Waals surface area contributed by atoms with Crippen LogP contribution in [0.5, 0.6) is 0 Å².